The fourth-order valence-corrected chi connectivity index (χ4v) is 2.29. The minimum atomic E-state index is -0.439. The second-order valence-electron chi connectivity index (χ2n) is 6.11. The second kappa shape index (κ2) is 9.01. The van der Waals surface area contributed by atoms with Gasteiger partial charge in [0.1, 0.15) is 4.83 Å². The predicted molar refractivity (Wildman–Crippen MR) is 95.3 cm³/mol. The van der Waals surface area contributed by atoms with Gasteiger partial charge in [-0.05, 0) is 44.9 Å². The topological polar surface area (TPSA) is 58.6 Å². The van der Waals surface area contributed by atoms with E-state index in [0.717, 1.165) is 10.0 Å². The van der Waals surface area contributed by atoms with Crippen LogP contribution in [0.2, 0.25) is 0 Å². The fraction of sp³-hybridized carbons (Fsp3) is 0.562. The highest BCUT2D eigenvalue weighted by atomic mass is 79.9. The van der Waals surface area contributed by atoms with Crippen LogP contribution in [-0.4, -0.2) is 40.7 Å². The van der Waals surface area contributed by atoms with E-state index in [9.17, 15) is 9.90 Å². The number of aliphatic hydroxyl groups is 1. The molecule has 0 aliphatic rings. The third kappa shape index (κ3) is 7.72. The molecule has 0 saturated heterocycles. The van der Waals surface area contributed by atoms with Crippen LogP contribution < -0.4 is 5.32 Å². The first-order valence-corrected chi connectivity index (χ1v) is 8.86. The van der Waals surface area contributed by atoms with Crippen molar-refractivity contribution >= 4 is 37.8 Å². The van der Waals surface area contributed by atoms with Gasteiger partial charge in [-0.15, -0.1) is 0 Å². The van der Waals surface area contributed by atoms with Crippen molar-refractivity contribution in [3.63, 3.8) is 0 Å². The summed E-state index contributed by atoms with van der Waals surface area (Å²) in [5.41, 5.74) is 0.764. The molecule has 2 atom stereocenters. The van der Waals surface area contributed by atoms with Crippen molar-refractivity contribution in [1.29, 1.82) is 0 Å². The Morgan fingerprint density at radius 3 is 2.41 bits per heavy atom. The third-order valence-electron chi connectivity index (χ3n) is 2.91. The summed E-state index contributed by atoms with van der Waals surface area (Å²) >= 11 is 6.71. The lowest BCUT2D eigenvalue weighted by atomic mass is 10.1. The Morgan fingerprint density at radius 1 is 1.32 bits per heavy atom. The normalized spacial score (nSPS) is 14.5. The summed E-state index contributed by atoms with van der Waals surface area (Å²) in [5, 5.41) is 12.3. The summed E-state index contributed by atoms with van der Waals surface area (Å²) in [6.07, 6.45) is 0.579. The molecule has 0 fully saturated rings. The Kier molecular flexibility index (Phi) is 8.03. The zero-order valence-electron chi connectivity index (χ0n) is 13.1. The van der Waals surface area contributed by atoms with Crippen molar-refractivity contribution in [1.82, 2.24) is 5.32 Å². The highest BCUT2D eigenvalue weighted by molar-refractivity contribution is 9.10. The number of alkyl halides is 1. The summed E-state index contributed by atoms with van der Waals surface area (Å²) in [4.78, 5) is 11.7. The molecule has 22 heavy (non-hydrogen) atoms. The summed E-state index contributed by atoms with van der Waals surface area (Å²) in [7, 11) is 0. The van der Waals surface area contributed by atoms with E-state index in [-0.39, 0.29) is 30.8 Å². The van der Waals surface area contributed by atoms with Crippen LogP contribution in [0.3, 0.4) is 0 Å². The minimum Gasteiger partial charge on any atom is -0.394 e. The van der Waals surface area contributed by atoms with Gasteiger partial charge in [0.25, 0.3) is 0 Å². The van der Waals surface area contributed by atoms with E-state index in [2.05, 4.69) is 37.2 Å². The molecule has 0 heterocycles. The first-order chi connectivity index (χ1) is 10.2. The van der Waals surface area contributed by atoms with Crippen molar-refractivity contribution in [3.05, 3.63) is 34.3 Å². The summed E-state index contributed by atoms with van der Waals surface area (Å²) in [6, 6.07) is 7.50. The number of ether oxygens (including phenoxy) is 1. The van der Waals surface area contributed by atoms with Crippen LogP contribution in [0.5, 0.6) is 0 Å². The highest BCUT2D eigenvalue weighted by Crippen LogP contribution is 2.13. The largest absolute Gasteiger partial charge is 0.394 e. The molecule has 2 N–H and O–H groups in total. The number of carbonyl (C=O) groups is 1. The van der Waals surface area contributed by atoms with Crippen molar-refractivity contribution in [2.75, 3.05) is 13.2 Å². The SMILES string of the molecule is CC(C)(C)OC[C@@H](Br)C(=O)N[C@H](CO)Cc1ccc(Br)cc1. The Balaban J connectivity index is 2.50. The number of rotatable bonds is 7. The van der Waals surface area contributed by atoms with Crippen LogP contribution >= 0.6 is 31.9 Å². The Hall–Kier alpha value is -0.430. The van der Waals surface area contributed by atoms with E-state index in [1.807, 2.05) is 45.0 Å². The zero-order chi connectivity index (χ0) is 16.8. The monoisotopic (exact) mass is 435 g/mol. The van der Waals surface area contributed by atoms with Crippen LogP contribution in [0, 0.1) is 0 Å². The number of hydrogen-bond acceptors (Lipinski definition) is 3. The molecule has 4 nitrogen and oxygen atoms in total. The lowest BCUT2D eigenvalue weighted by Crippen LogP contribution is -2.44. The Labute approximate surface area is 148 Å². The van der Waals surface area contributed by atoms with Gasteiger partial charge in [0.05, 0.1) is 24.9 Å². The van der Waals surface area contributed by atoms with Gasteiger partial charge in [-0.25, -0.2) is 0 Å². The average Bonchev–Trinajstić information content (AvgIpc) is 2.45. The highest BCUT2D eigenvalue weighted by Gasteiger charge is 2.21. The number of amides is 1. The molecule has 0 radical (unpaired) electrons. The lowest BCUT2D eigenvalue weighted by Gasteiger charge is -2.23. The number of halogens is 2. The fourth-order valence-electron chi connectivity index (χ4n) is 1.76. The van der Waals surface area contributed by atoms with Gasteiger partial charge in [0.15, 0.2) is 0 Å². The molecule has 0 aliphatic heterocycles. The first kappa shape index (κ1) is 19.6. The maximum absolute atomic E-state index is 12.1. The molecule has 1 rings (SSSR count). The van der Waals surface area contributed by atoms with E-state index in [0.29, 0.717) is 6.42 Å². The van der Waals surface area contributed by atoms with Crippen molar-refractivity contribution in [2.45, 2.75) is 43.7 Å². The van der Waals surface area contributed by atoms with Crippen molar-refractivity contribution in [2.24, 2.45) is 0 Å². The van der Waals surface area contributed by atoms with E-state index >= 15 is 0 Å². The number of hydrogen-bond donors (Lipinski definition) is 2. The smallest absolute Gasteiger partial charge is 0.236 e. The molecule has 0 aliphatic carbocycles. The van der Waals surface area contributed by atoms with Gasteiger partial charge < -0.3 is 15.2 Å². The number of nitrogens with one attached hydrogen (secondary N) is 1. The molecular weight excluding hydrogens is 414 g/mol. The van der Waals surface area contributed by atoms with Gasteiger partial charge in [-0.1, -0.05) is 44.0 Å². The second-order valence-corrected chi connectivity index (χ2v) is 8.13. The molecule has 124 valence electrons. The lowest BCUT2D eigenvalue weighted by molar-refractivity contribution is -0.123. The third-order valence-corrected chi connectivity index (χ3v) is 4.12. The average molecular weight is 437 g/mol. The number of aliphatic hydroxyl groups excluding tert-OH is 1. The van der Waals surface area contributed by atoms with Gasteiger partial charge >= 0.3 is 0 Å². The van der Waals surface area contributed by atoms with Crippen LogP contribution in [0.25, 0.3) is 0 Å². The zero-order valence-corrected chi connectivity index (χ0v) is 16.3. The predicted octanol–water partition coefficient (Wildman–Crippen LogP) is 3.05. The molecular formula is C16H23Br2NO3. The molecule has 1 aromatic carbocycles. The van der Waals surface area contributed by atoms with Crippen molar-refractivity contribution in [3.8, 4) is 0 Å². The van der Waals surface area contributed by atoms with Gasteiger partial charge in [-0.3, -0.25) is 4.79 Å². The van der Waals surface area contributed by atoms with Gasteiger partial charge in [0, 0.05) is 4.47 Å². The van der Waals surface area contributed by atoms with E-state index < -0.39 is 4.83 Å². The minimum absolute atomic E-state index is 0.109. The summed E-state index contributed by atoms with van der Waals surface area (Å²) < 4.78 is 6.58. The summed E-state index contributed by atoms with van der Waals surface area (Å²) in [6.45, 7) is 5.99. The Bertz CT molecular complexity index is 471. The first-order valence-electron chi connectivity index (χ1n) is 7.15. The number of benzene rings is 1. The molecule has 0 aromatic heterocycles. The Morgan fingerprint density at radius 2 is 1.91 bits per heavy atom. The molecule has 1 aromatic rings. The molecule has 0 saturated carbocycles. The molecule has 0 bridgehead atoms. The molecule has 0 unspecified atom stereocenters. The van der Waals surface area contributed by atoms with Crippen LogP contribution in [-0.2, 0) is 16.0 Å². The summed E-state index contributed by atoms with van der Waals surface area (Å²) in [5.74, 6) is -0.180. The van der Waals surface area contributed by atoms with Crippen LogP contribution in [0.1, 0.15) is 26.3 Å². The van der Waals surface area contributed by atoms with Gasteiger partial charge in [0.2, 0.25) is 5.91 Å². The standard InChI is InChI=1S/C16H23Br2NO3/c1-16(2,3)22-10-14(18)15(21)19-13(9-20)8-11-4-6-12(17)7-5-11/h4-7,13-14,20H,8-10H2,1-3H3,(H,19,21)/t13-,14+/m0/s1. The molecule has 0 spiro atoms. The van der Waals surface area contributed by atoms with Crippen molar-refractivity contribution < 1.29 is 14.6 Å². The molecule has 6 heteroatoms. The number of carbonyl (C=O) groups excluding carboxylic acids is 1. The van der Waals surface area contributed by atoms with E-state index in [1.54, 1.807) is 0 Å². The quantitative estimate of drug-likeness (QED) is 0.645. The van der Waals surface area contributed by atoms with Crippen LogP contribution in [0.15, 0.2) is 28.7 Å². The maximum Gasteiger partial charge on any atom is 0.236 e. The molecule has 1 amide bonds. The van der Waals surface area contributed by atoms with E-state index in [1.165, 1.54) is 0 Å². The van der Waals surface area contributed by atoms with Gasteiger partial charge in [-0.2, -0.15) is 0 Å². The van der Waals surface area contributed by atoms with E-state index in [4.69, 9.17) is 4.74 Å². The maximum atomic E-state index is 12.1. The van der Waals surface area contributed by atoms with Crippen LogP contribution in [0.4, 0.5) is 0 Å².